The zero-order valence-electron chi connectivity index (χ0n) is 14.1. The second-order valence-electron chi connectivity index (χ2n) is 6.00. The Hall–Kier alpha value is -2.31. The number of carbonyl (C=O) groups is 1. The van der Waals surface area contributed by atoms with Crippen LogP contribution in [0.15, 0.2) is 53.7 Å². The fraction of sp³-hybridized carbons (Fsp3) is 0.211. The number of aromatic nitrogens is 3. The number of esters is 1. The van der Waals surface area contributed by atoms with Crippen LogP contribution in [0.3, 0.4) is 0 Å². The molecule has 1 saturated heterocycles. The summed E-state index contributed by atoms with van der Waals surface area (Å²) in [6.45, 7) is 2.50. The number of ether oxygens (including phenoxy) is 1. The minimum atomic E-state index is -0.250. The Morgan fingerprint density at radius 2 is 1.92 bits per heavy atom. The van der Waals surface area contributed by atoms with Crippen LogP contribution in [0.1, 0.15) is 12.0 Å². The summed E-state index contributed by atoms with van der Waals surface area (Å²) >= 11 is 7.41. The zero-order valence-corrected chi connectivity index (χ0v) is 15.6. The third-order valence-electron chi connectivity index (χ3n) is 4.23. The first-order valence-corrected chi connectivity index (χ1v) is 9.50. The second-order valence-corrected chi connectivity index (χ2v) is 7.60. The summed E-state index contributed by atoms with van der Waals surface area (Å²) in [6.07, 6.45) is 0.681. The van der Waals surface area contributed by atoms with Gasteiger partial charge in [-0.25, -0.2) is 0 Å². The summed E-state index contributed by atoms with van der Waals surface area (Å²) in [6, 6.07) is 15.5. The van der Waals surface area contributed by atoms with Gasteiger partial charge in [-0.2, -0.15) is 0 Å². The molecular weight excluding hydrogens is 370 g/mol. The molecule has 0 saturated carbocycles. The van der Waals surface area contributed by atoms with Gasteiger partial charge < -0.3 is 4.74 Å². The topological polar surface area (TPSA) is 57.0 Å². The van der Waals surface area contributed by atoms with Gasteiger partial charge in [0.05, 0.1) is 12.3 Å². The maximum absolute atomic E-state index is 11.9. The van der Waals surface area contributed by atoms with E-state index in [4.69, 9.17) is 16.3 Å². The number of aryl methyl sites for hydroxylation is 1. The smallest absolute Gasteiger partial charge is 0.319 e. The number of hydrogen-bond donors (Lipinski definition) is 0. The molecule has 0 unspecified atom stereocenters. The summed E-state index contributed by atoms with van der Waals surface area (Å²) in [5, 5.41) is 9.85. The van der Waals surface area contributed by atoms with E-state index in [9.17, 15) is 4.79 Å². The maximum Gasteiger partial charge on any atom is 0.319 e. The van der Waals surface area contributed by atoms with Gasteiger partial charge in [0.1, 0.15) is 5.25 Å². The van der Waals surface area contributed by atoms with Gasteiger partial charge in [-0.3, -0.25) is 9.36 Å². The van der Waals surface area contributed by atoms with Crippen molar-refractivity contribution in [2.75, 3.05) is 6.61 Å². The zero-order chi connectivity index (χ0) is 18.1. The highest BCUT2D eigenvalue weighted by Crippen LogP contribution is 2.34. The molecule has 3 aromatic rings. The van der Waals surface area contributed by atoms with Crippen LogP contribution in [0, 0.1) is 6.92 Å². The van der Waals surface area contributed by atoms with Crippen LogP contribution in [-0.4, -0.2) is 32.6 Å². The number of rotatable bonds is 4. The van der Waals surface area contributed by atoms with Crippen LogP contribution in [0.4, 0.5) is 0 Å². The average molecular weight is 386 g/mol. The molecule has 1 aliphatic rings. The molecular formula is C19H16ClN3O2S. The van der Waals surface area contributed by atoms with E-state index >= 15 is 0 Å². The van der Waals surface area contributed by atoms with Crippen molar-refractivity contribution in [2.24, 2.45) is 0 Å². The Morgan fingerprint density at radius 3 is 2.62 bits per heavy atom. The van der Waals surface area contributed by atoms with Crippen LogP contribution in [0.2, 0.25) is 5.02 Å². The van der Waals surface area contributed by atoms with Gasteiger partial charge in [-0.15, -0.1) is 10.2 Å². The number of nitrogens with zero attached hydrogens (tertiary/aromatic N) is 3. The van der Waals surface area contributed by atoms with E-state index in [2.05, 4.69) is 10.2 Å². The lowest BCUT2D eigenvalue weighted by atomic mass is 10.1. The van der Waals surface area contributed by atoms with Gasteiger partial charge in [0.25, 0.3) is 0 Å². The third kappa shape index (κ3) is 3.22. The van der Waals surface area contributed by atoms with Crippen molar-refractivity contribution in [2.45, 2.75) is 23.8 Å². The molecule has 2 heterocycles. The molecule has 7 heteroatoms. The Morgan fingerprint density at radius 1 is 1.15 bits per heavy atom. The lowest BCUT2D eigenvalue weighted by molar-refractivity contribution is -0.137. The SMILES string of the molecule is Cc1ccccc1-n1c(S[C@H]2CCOC2=O)nnc1-c1ccc(Cl)cc1. The summed E-state index contributed by atoms with van der Waals surface area (Å²) in [5.41, 5.74) is 2.99. The quantitative estimate of drug-likeness (QED) is 0.626. The lowest BCUT2D eigenvalue weighted by Crippen LogP contribution is -2.11. The lowest BCUT2D eigenvalue weighted by Gasteiger charge is -2.13. The fourth-order valence-electron chi connectivity index (χ4n) is 2.88. The fourth-order valence-corrected chi connectivity index (χ4v) is 4.01. The molecule has 0 spiro atoms. The molecule has 0 aliphatic carbocycles. The highest BCUT2D eigenvalue weighted by Gasteiger charge is 2.30. The Labute approximate surface area is 160 Å². The summed E-state index contributed by atoms with van der Waals surface area (Å²) in [7, 11) is 0. The number of halogens is 1. The highest BCUT2D eigenvalue weighted by molar-refractivity contribution is 8.00. The van der Waals surface area contributed by atoms with Crippen LogP contribution >= 0.6 is 23.4 Å². The predicted molar refractivity (Wildman–Crippen MR) is 102 cm³/mol. The second kappa shape index (κ2) is 7.13. The molecule has 2 aromatic carbocycles. The van der Waals surface area contributed by atoms with Crippen LogP contribution in [0.25, 0.3) is 17.1 Å². The molecule has 0 radical (unpaired) electrons. The number of hydrogen-bond acceptors (Lipinski definition) is 5. The molecule has 4 rings (SSSR count). The minimum Gasteiger partial charge on any atom is -0.465 e. The van der Waals surface area contributed by atoms with Gasteiger partial charge in [-0.05, 0) is 42.8 Å². The Bertz CT molecular complexity index is 956. The van der Waals surface area contributed by atoms with E-state index in [-0.39, 0.29) is 11.2 Å². The molecule has 1 atom stereocenters. The van der Waals surface area contributed by atoms with Crippen molar-refractivity contribution in [3.05, 3.63) is 59.1 Å². The monoisotopic (exact) mass is 385 g/mol. The van der Waals surface area contributed by atoms with E-state index in [1.165, 1.54) is 11.8 Å². The number of carbonyl (C=O) groups excluding carboxylic acids is 1. The summed E-state index contributed by atoms with van der Waals surface area (Å²) in [4.78, 5) is 11.9. The first kappa shape index (κ1) is 17.1. The normalized spacial score (nSPS) is 16.7. The number of thioether (sulfide) groups is 1. The predicted octanol–water partition coefficient (Wildman–Crippen LogP) is 4.30. The molecule has 1 aromatic heterocycles. The molecule has 1 aliphatic heterocycles. The van der Waals surface area contributed by atoms with Gasteiger partial charge in [0, 0.05) is 17.0 Å². The standard InChI is InChI=1S/C19H16ClN3O2S/c1-12-4-2-3-5-15(12)23-17(13-6-8-14(20)9-7-13)21-22-19(23)26-16-10-11-25-18(16)24/h2-9,16H,10-11H2,1H3/t16-/m0/s1. The molecule has 0 bridgehead atoms. The summed E-state index contributed by atoms with van der Waals surface area (Å²) < 4.78 is 7.07. The number of benzene rings is 2. The largest absolute Gasteiger partial charge is 0.465 e. The average Bonchev–Trinajstić information content (AvgIpc) is 3.23. The minimum absolute atomic E-state index is 0.192. The van der Waals surface area contributed by atoms with E-state index in [1.807, 2.05) is 60.0 Å². The van der Waals surface area contributed by atoms with E-state index in [0.717, 1.165) is 16.8 Å². The van der Waals surface area contributed by atoms with Crippen molar-refractivity contribution < 1.29 is 9.53 Å². The van der Waals surface area contributed by atoms with Crippen LogP contribution in [0.5, 0.6) is 0 Å². The first-order chi connectivity index (χ1) is 12.6. The van der Waals surface area contributed by atoms with E-state index in [0.29, 0.717) is 29.0 Å². The molecule has 0 N–H and O–H groups in total. The summed E-state index contributed by atoms with van der Waals surface area (Å²) in [5.74, 6) is 0.521. The number of cyclic esters (lactones) is 1. The van der Waals surface area contributed by atoms with Crippen molar-refractivity contribution in [1.29, 1.82) is 0 Å². The molecule has 0 amide bonds. The van der Waals surface area contributed by atoms with Crippen molar-refractivity contribution in [3.8, 4) is 17.1 Å². The van der Waals surface area contributed by atoms with E-state index < -0.39 is 0 Å². The van der Waals surface area contributed by atoms with Gasteiger partial charge in [-0.1, -0.05) is 41.6 Å². The number of para-hydroxylation sites is 1. The van der Waals surface area contributed by atoms with Gasteiger partial charge >= 0.3 is 5.97 Å². The van der Waals surface area contributed by atoms with Gasteiger partial charge in [0.15, 0.2) is 11.0 Å². The molecule has 26 heavy (non-hydrogen) atoms. The Balaban J connectivity index is 1.83. The molecule has 132 valence electrons. The molecule has 5 nitrogen and oxygen atoms in total. The van der Waals surface area contributed by atoms with E-state index in [1.54, 1.807) is 0 Å². The third-order valence-corrected chi connectivity index (χ3v) is 5.67. The van der Waals surface area contributed by atoms with Crippen LogP contribution in [-0.2, 0) is 9.53 Å². The first-order valence-electron chi connectivity index (χ1n) is 8.24. The maximum atomic E-state index is 11.9. The van der Waals surface area contributed by atoms with Crippen LogP contribution < -0.4 is 0 Å². The van der Waals surface area contributed by atoms with Crippen molar-refractivity contribution >= 4 is 29.3 Å². The van der Waals surface area contributed by atoms with Crippen molar-refractivity contribution in [3.63, 3.8) is 0 Å². The van der Waals surface area contributed by atoms with Crippen molar-refractivity contribution in [1.82, 2.24) is 14.8 Å². The Kier molecular flexibility index (Phi) is 4.70. The molecule has 1 fully saturated rings. The highest BCUT2D eigenvalue weighted by atomic mass is 35.5. The van der Waals surface area contributed by atoms with Gasteiger partial charge in [0.2, 0.25) is 0 Å².